The van der Waals surface area contributed by atoms with Crippen molar-refractivity contribution in [1.29, 1.82) is 0 Å². The largest absolute Gasteiger partial charge is 0.472 e. The van der Waals surface area contributed by atoms with E-state index in [0.717, 1.165) is 18.9 Å². The minimum absolute atomic E-state index is 0.123. The van der Waals surface area contributed by atoms with E-state index in [-0.39, 0.29) is 6.17 Å². The molecular formula is C11H17N5O. The van der Waals surface area contributed by atoms with Gasteiger partial charge in [0.05, 0.1) is 12.5 Å². The molecular weight excluding hydrogens is 218 g/mol. The van der Waals surface area contributed by atoms with Crippen LogP contribution in [0.25, 0.3) is 0 Å². The molecule has 17 heavy (non-hydrogen) atoms. The van der Waals surface area contributed by atoms with Crippen LogP contribution >= 0.6 is 0 Å². The van der Waals surface area contributed by atoms with Crippen LogP contribution in [0.15, 0.2) is 33.0 Å². The first-order valence-electron chi connectivity index (χ1n) is 5.55. The van der Waals surface area contributed by atoms with Crippen LogP contribution in [0.1, 0.15) is 12.5 Å². The number of furan rings is 1. The van der Waals surface area contributed by atoms with Crippen molar-refractivity contribution in [2.24, 2.45) is 15.7 Å². The molecule has 0 aliphatic carbocycles. The number of guanidine groups is 2. The molecule has 0 aromatic carbocycles. The highest BCUT2D eigenvalue weighted by Crippen LogP contribution is 2.04. The van der Waals surface area contributed by atoms with Crippen molar-refractivity contribution < 1.29 is 4.42 Å². The van der Waals surface area contributed by atoms with E-state index in [0.29, 0.717) is 5.96 Å². The minimum atomic E-state index is -0.123. The summed E-state index contributed by atoms with van der Waals surface area (Å²) in [5.74, 6) is 1.17. The monoisotopic (exact) mass is 235 g/mol. The molecule has 1 aliphatic heterocycles. The lowest BCUT2D eigenvalue weighted by molar-refractivity contribution is 0.484. The predicted octanol–water partition coefficient (Wildman–Crippen LogP) is 0.374. The third-order valence-corrected chi connectivity index (χ3v) is 2.55. The lowest BCUT2D eigenvalue weighted by atomic mass is 10.2. The van der Waals surface area contributed by atoms with Gasteiger partial charge in [-0.05, 0) is 25.0 Å². The Morgan fingerprint density at radius 2 is 2.35 bits per heavy atom. The van der Waals surface area contributed by atoms with Crippen molar-refractivity contribution >= 4 is 11.9 Å². The fourth-order valence-electron chi connectivity index (χ4n) is 1.62. The van der Waals surface area contributed by atoms with Crippen LogP contribution in [0, 0.1) is 0 Å². The van der Waals surface area contributed by atoms with Crippen molar-refractivity contribution in [2.45, 2.75) is 19.5 Å². The van der Waals surface area contributed by atoms with E-state index >= 15 is 0 Å². The summed E-state index contributed by atoms with van der Waals surface area (Å²) in [6.45, 7) is 2.74. The summed E-state index contributed by atoms with van der Waals surface area (Å²) in [6, 6.07) is 1.96. The van der Waals surface area contributed by atoms with Crippen LogP contribution in [0.5, 0.6) is 0 Å². The molecule has 0 spiro atoms. The van der Waals surface area contributed by atoms with Crippen molar-refractivity contribution in [3.05, 3.63) is 24.2 Å². The van der Waals surface area contributed by atoms with E-state index in [1.165, 1.54) is 5.56 Å². The smallest absolute Gasteiger partial charge is 0.202 e. The first-order chi connectivity index (χ1) is 8.15. The number of hydrogen-bond acceptors (Lipinski definition) is 6. The van der Waals surface area contributed by atoms with Crippen LogP contribution in [0.3, 0.4) is 0 Å². The van der Waals surface area contributed by atoms with Gasteiger partial charge in [0.25, 0.3) is 0 Å². The number of hydrogen-bond donors (Lipinski definition) is 2. The van der Waals surface area contributed by atoms with Crippen molar-refractivity contribution in [1.82, 2.24) is 10.2 Å². The average molecular weight is 235 g/mol. The van der Waals surface area contributed by atoms with Crippen LogP contribution in [0.4, 0.5) is 0 Å². The SMILES string of the molecule is CC1N=C(N)NC(N(C)CCc2ccoc2)=N1. The topological polar surface area (TPSA) is 79.1 Å². The highest BCUT2D eigenvalue weighted by atomic mass is 16.3. The molecule has 1 aromatic heterocycles. The Balaban J connectivity index is 1.90. The first-order valence-corrected chi connectivity index (χ1v) is 5.55. The molecule has 3 N–H and O–H groups in total. The third-order valence-electron chi connectivity index (χ3n) is 2.55. The highest BCUT2D eigenvalue weighted by Gasteiger charge is 2.14. The Hall–Kier alpha value is -1.98. The van der Waals surface area contributed by atoms with E-state index < -0.39 is 0 Å². The van der Waals surface area contributed by atoms with E-state index in [1.54, 1.807) is 12.5 Å². The standard InChI is InChI=1S/C11H17N5O/c1-8-13-10(12)15-11(14-8)16(2)5-3-9-4-6-17-7-9/h4,6-8H,3,5H2,1-2H3,(H3,12,13,14,15). The second-order valence-electron chi connectivity index (χ2n) is 4.03. The van der Waals surface area contributed by atoms with Gasteiger partial charge in [-0.15, -0.1) is 0 Å². The Kier molecular flexibility index (Phi) is 3.32. The normalized spacial score (nSPS) is 19.3. The molecule has 2 rings (SSSR count). The average Bonchev–Trinajstić information content (AvgIpc) is 2.77. The minimum Gasteiger partial charge on any atom is -0.472 e. The van der Waals surface area contributed by atoms with Crippen LogP contribution < -0.4 is 11.1 Å². The number of nitrogens with two attached hydrogens (primary N) is 1. The quantitative estimate of drug-likeness (QED) is 0.793. The summed E-state index contributed by atoms with van der Waals surface area (Å²) >= 11 is 0. The molecule has 0 saturated heterocycles. The molecule has 0 bridgehead atoms. The molecule has 1 unspecified atom stereocenters. The van der Waals surface area contributed by atoms with Gasteiger partial charge in [-0.1, -0.05) is 0 Å². The summed E-state index contributed by atoms with van der Waals surface area (Å²) in [6.07, 6.45) is 4.21. The van der Waals surface area contributed by atoms with Gasteiger partial charge in [0, 0.05) is 13.6 Å². The molecule has 0 saturated carbocycles. The van der Waals surface area contributed by atoms with Gasteiger partial charge in [0.15, 0.2) is 5.96 Å². The van der Waals surface area contributed by atoms with Gasteiger partial charge in [0.2, 0.25) is 5.96 Å². The summed E-state index contributed by atoms with van der Waals surface area (Å²) in [4.78, 5) is 10.5. The molecule has 6 nitrogen and oxygen atoms in total. The summed E-state index contributed by atoms with van der Waals surface area (Å²) in [5, 5.41) is 2.96. The van der Waals surface area contributed by atoms with Gasteiger partial charge in [0.1, 0.15) is 6.17 Å². The highest BCUT2D eigenvalue weighted by molar-refractivity contribution is 5.99. The Labute approximate surface area is 100 Å². The van der Waals surface area contributed by atoms with Gasteiger partial charge < -0.3 is 15.1 Å². The fourth-order valence-corrected chi connectivity index (χ4v) is 1.62. The number of likely N-dealkylation sites (N-methyl/N-ethyl adjacent to an activating group) is 1. The molecule has 0 fully saturated rings. The second-order valence-corrected chi connectivity index (χ2v) is 4.03. The molecule has 2 heterocycles. The number of rotatable bonds is 3. The first kappa shape index (κ1) is 11.5. The maximum atomic E-state index is 5.66. The van der Waals surface area contributed by atoms with Gasteiger partial charge in [-0.2, -0.15) is 0 Å². The van der Waals surface area contributed by atoms with E-state index in [9.17, 15) is 0 Å². The number of nitrogens with one attached hydrogen (secondary N) is 1. The van der Waals surface area contributed by atoms with Crippen LogP contribution in [-0.2, 0) is 6.42 Å². The third kappa shape index (κ3) is 2.99. The van der Waals surface area contributed by atoms with E-state index in [1.807, 2.05) is 24.9 Å². The van der Waals surface area contributed by atoms with E-state index in [2.05, 4.69) is 15.3 Å². The maximum absolute atomic E-state index is 5.66. The van der Waals surface area contributed by atoms with E-state index in [4.69, 9.17) is 10.2 Å². The number of aliphatic imine (C=N–C) groups is 2. The van der Waals surface area contributed by atoms with Crippen LogP contribution in [-0.4, -0.2) is 36.6 Å². The summed E-state index contributed by atoms with van der Waals surface area (Å²) < 4.78 is 5.02. The molecule has 0 amide bonds. The molecule has 1 aromatic rings. The zero-order valence-corrected chi connectivity index (χ0v) is 10.1. The van der Waals surface area contributed by atoms with Gasteiger partial charge in [-0.3, -0.25) is 5.32 Å². The van der Waals surface area contributed by atoms with Crippen molar-refractivity contribution in [3.63, 3.8) is 0 Å². The Bertz CT molecular complexity index is 423. The van der Waals surface area contributed by atoms with Gasteiger partial charge in [-0.25, -0.2) is 9.98 Å². The zero-order valence-electron chi connectivity index (χ0n) is 10.1. The fraction of sp³-hybridized carbons (Fsp3) is 0.455. The Morgan fingerprint density at radius 3 is 3.00 bits per heavy atom. The predicted molar refractivity (Wildman–Crippen MR) is 66.7 cm³/mol. The van der Waals surface area contributed by atoms with Crippen molar-refractivity contribution in [2.75, 3.05) is 13.6 Å². The summed E-state index contributed by atoms with van der Waals surface area (Å²) in [7, 11) is 1.97. The van der Waals surface area contributed by atoms with Gasteiger partial charge >= 0.3 is 0 Å². The number of nitrogens with zero attached hydrogens (tertiary/aromatic N) is 3. The molecule has 92 valence electrons. The molecule has 1 atom stereocenters. The zero-order chi connectivity index (χ0) is 12.3. The van der Waals surface area contributed by atoms with Crippen LogP contribution in [0.2, 0.25) is 0 Å². The lowest BCUT2D eigenvalue weighted by Crippen LogP contribution is -2.49. The maximum Gasteiger partial charge on any atom is 0.202 e. The molecule has 0 radical (unpaired) electrons. The second kappa shape index (κ2) is 4.90. The summed E-state index contributed by atoms with van der Waals surface area (Å²) in [5.41, 5.74) is 6.83. The Morgan fingerprint density at radius 1 is 1.53 bits per heavy atom. The van der Waals surface area contributed by atoms with Crippen molar-refractivity contribution in [3.8, 4) is 0 Å². The lowest BCUT2D eigenvalue weighted by Gasteiger charge is -2.25. The molecule has 6 heteroatoms. The molecule has 1 aliphatic rings.